The molecule has 24 heavy (non-hydrogen) atoms. The first kappa shape index (κ1) is 17.7. The largest absolute Gasteiger partial charge is 0.342 e. The Labute approximate surface area is 144 Å². The minimum absolute atomic E-state index is 0.0547. The van der Waals surface area contributed by atoms with Crippen LogP contribution >= 0.6 is 0 Å². The predicted molar refractivity (Wildman–Crippen MR) is 97.3 cm³/mol. The van der Waals surface area contributed by atoms with Gasteiger partial charge in [-0.1, -0.05) is 68.4 Å². The Balaban J connectivity index is 2.19. The lowest BCUT2D eigenvalue weighted by atomic mass is 9.89. The van der Waals surface area contributed by atoms with Crippen molar-refractivity contribution in [2.75, 3.05) is 6.54 Å². The average Bonchev–Trinajstić information content (AvgIpc) is 2.61. The monoisotopic (exact) mass is 320 g/mol. The Hall–Kier alpha value is -2.60. The van der Waals surface area contributed by atoms with Crippen LogP contribution in [0.25, 0.3) is 11.1 Å². The van der Waals surface area contributed by atoms with Crippen LogP contribution in [0.1, 0.15) is 38.2 Å². The van der Waals surface area contributed by atoms with Crippen molar-refractivity contribution in [2.24, 2.45) is 5.92 Å². The lowest BCUT2D eigenvalue weighted by Gasteiger charge is -2.18. The summed E-state index contributed by atoms with van der Waals surface area (Å²) in [5.41, 5.74) is 3.31. The molecule has 1 N–H and O–H groups in total. The fraction of sp³-hybridized carbons (Fsp3) is 0.333. The van der Waals surface area contributed by atoms with Gasteiger partial charge in [0.15, 0.2) is 0 Å². The molecule has 2 rings (SSSR count). The molecule has 0 fully saturated rings. The number of nitriles is 1. The van der Waals surface area contributed by atoms with Crippen molar-refractivity contribution in [2.45, 2.75) is 32.6 Å². The SMILES string of the molecule is CC(C)CCC(C(=O)NCC#N)c1ccc(-c2ccccc2)cc1. The van der Waals surface area contributed by atoms with E-state index in [1.165, 1.54) is 0 Å². The standard InChI is InChI=1S/C21H24N2O/c1-16(2)8-13-20(21(24)23-15-14-22)19-11-9-18(10-12-19)17-6-4-3-5-7-17/h3-7,9-12,16,20H,8,13,15H2,1-2H3,(H,23,24). The van der Waals surface area contributed by atoms with Gasteiger partial charge in [0, 0.05) is 0 Å². The molecule has 3 nitrogen and oxygen atoms in total. The molecule has 0 saturated carbocycles. The van der Waals surface area contributed by atoms with E-state index in [-0.39, 0.29) is 18.4 Å². The number of nitrogens with one attached hydrogen (secondary N) is 1. The van der Waals surface area contributed by atoms with Crippen molar-refractivity contribution in [3.63, 3.8) is 0 Å². The van der Waals surface area contributed by atoms with Gasteiger partial charge in [-0.05, 0) is 35.4 Å². The van der Waals surface area contributed by atoms with Gasteiger partial charge >= 0.3 is 0 Å². The highest BCUT2D eigenvalue weighted by molar-refractivity contribution is 5.84. The Kier molecular flexibility index (Phi) is 6.57. The second-order valence-corrected chi connectivity index (χ2v) is 6.39. The molecule has 0 aliphatic heterocycles. The van der Waals surface area contributed by atoms with Gasteiger partial charge in [-0.2, -0.15) is 5.26 Å². The molecule has 0 heterocycles. The number of benzene rings is 2. The third-order valence-electron chi connectivity index (χ3n) is 4.11. The summed E-state index contributed by atoms with van der Waals surface area (Å²) in [6.45, 7) is 4.37. The second kappa shape index (κ2) is 8.88. The third kappa shape index (κ3) is 4.96. The van der Waals surface area contributed by atoms with E-state index in [4.69, 9.17) is 5.26 Å². The molecule has 0 saturated heterocycles. The quantitative estimate of drug-likeness (QED) is 0.763. The summed E-state index contributed by atoms with van der Waals surface area (Å²) in [5, 5.41) is 11.4. The van der Waals surface area contributed by atoms with Gasteiger partial charge in [0.1, 0.15) is 6.54 Å². The summed E-state index contributed by atoms with van der Waals surface area (Å²) in [4.78, 5) is 12.4. The molecule has 0 aliphatic rings. The first-order valence-electron chi connectivity index (χ1n) is 8.42. The zero-order valence-corrected chi connectivity index (χ0v) is 14.3. The minimum atomic E-state index is -0.203. The highest BCUT2D eigenvalue weighted by atomic mass is 16.1. The van der Waals surface area contributed by atoms with Gasteiger partial charge in [0.25, 0.3) is 0 Å². The van der Waals surface area contributed by atoms with E-state index >= 15 is 0 Å². The van der Waals surface area contributed by atoms with E-state index in [0.29, 0.717) is 5.92 Å². The van der Waals surface area contributed by atoms with Crippen LogP contribution in [-0.4, -0.2) is 12.5 Å². The van der Waals surface area contributed by atoms with E-state index in [9.17, 15) is 4.79 Å². The molecule has 2 aromatic carbocycles. The maximum atomic E-state index is 12.4. The molecular weight excluding hydrogens is 296 g/mol. The van der Waals surface area contributed by atoms with Gasteiger partial charge < -0.3 is 5.32 Å². The van der Waals surface area contributed by atoms with Crippen LogP contribution in [0, 0.1) is 17.2 Å². The summed E-state index contributed by atoms with van der Waals surface area (Å²) in [5.74, 6) is 0.273. The van der Waals surface area contributed by atoms with Crippen LogP contribution in [0.4, 0.5) is 0 Å². The smallest absolute Gasteiger partial charge is 0.228 e. The van der Waals surface area contributed by atoms with Gasteiger partial charge in [-0.3, -0.25) is 4.79 Å². The molecule has 1 amide bonds. The van der Waals surface area contributed by atoms with Crippen LogP contribution in [-0.2, 0) is 4.79 Å². The number of hydrogen-bond acceptors (Lipinski definition) is 2. The zero-order chi connectivity index (χ0) is 17.4. The lowest BCUT2D eigenvalue weighted by Crippen LogP contribution is -2.29. The number of nitrogens with zero attached hydrogens (tertiary/aromatic N) is 1. The molecule has 124 valence electrons. The van der Waals surface area contributed by atoms with E-state index in [0.717, 1.165) is 29.5 Å². The topological polar surface area (TPSA) is 52.9 Å². The molecule has 1 unspecified atom stereocenters. The molecule has 0 aliphatic carbocycles. The van der Waals surface area contributed by atoms with Gasteiger partial charge in [-0.25, -0.2) is 0 Å². The van der Waals surface area contributed by atoms with Crippen LogP contribution in [0.2, 0.25) is 0 Å². The first-order chi connectivity index (χ1) is 11.6. The van der Waals surface area contributed by atoms with Crippen molar-refractivity contribution in [1.82, 2.24) is 5.32 Å². The molecule has 0 radical (unpaired) electrons. The van der Waals surface area contributed by atoms with Crippen molar-refractivity contribution in [3.8, 4) is 17.2 Å². The van der Waals surface area contributed by atoms with E-state index in [2.05, 4.69) is 43.4 Å². The van der Waals surface area contributed by atoms with Crippen molar-refractivity contribution < 1.29 is 4.79 Å². The number of amides is 1. The second-order valence-electron chi connectivity index (χ2n) is 6.39. The van der Waals surface area contributed by atoms with Crippen LogP contribution in [0.5, 0.6) is 0 Å². The van der Waals surface area contributed by atoms with Crippen LogP contribution in [0.15, 0.2) is 54.6 Å². The Morgan fingerprint density at radius 1 is 1.00 bits per heavy atom. The van der Waals surface area contributed by atoms with E-state index in [1.54, 1.807) is 0 Å². The van der Waals surface area contributed by atoms with Gasteiger partial charge in [0.05, 0.1) is 12.0 Å². The van der Waals surface area contributed by atoms with Gasteiger partial charge in [0.2, 0.25) is 5.91 Å². The highest BCUT2D eigenvalue weighted by Gasteiger charge is 2.20. The van der Waals surface area contributed by atoms with Crippen molar-refractivity contribution in [3.05, 3.63) is 60.2 Å². The summed E-state index contributed by atoms with van der Waals surface area (Å²) in [6.07, 6.45) is 1.77. The fourth-order valence-electron chi connectivity index (χ4n) is 2.74. The summed E-state index contributed by atoms with van der Waals surface area (Å²) >= 11 is 0. The lowest BCUT2D eigenvalue weighted by molar-refractivity contribution is -0.122. The molecular formula is C21H24N2O. The first-order valence-corrected chi connectivity index (χ1v) is 8.42. The molecule has 2 aromatic rings. The molecule has 1 atom stereocenters. The molecule has 3 heteroatoms. The third-order valence-corrected chi connectivity index (χ3v) is 4.11. The molecule has 0 bridgehead atoms. The van der Waals surface area contributed by atoms with E-state index < -0.39 is 0 Å². The van der Waals surface area contributed by atoms with Gasteiger partial charge in [-0.15, -0.1) is 0 Å². The summed E-state index contributed by atoms with van der Waals surface area (Å²) < 4.78 is 0. The number of carbonyl (C=O) groups excluding carboxylic acids is 1. The van der Waals surface area contributed by atoms with Crippen molar-refractivity contribution >= 4 is 5.91 Å². The maximum absolute atomic E-state index is 12.4. The normalized spacial score (nSPS) is 11.8. The van der Waals surface area contributed by atoms with Crippen molar-refractivity contribution in [1.29, 1.82) is 5.26 Å². The predicted octanol–water partition coefficient (Wildman–Crippen LogP) is 4.51. The van der Waals surface area contributed by atoms with Crippen LogP contribution in [0.3, 0.4) is 0 Å². The highest BCUT2D eigenvalue weighted by Crippen LogP contribution is 2.27. The zero-order valence-electron chi connectivity index (χ0n) is 14.3. The Morgan fingerprint density at radius 3 is 2.21 bits per heavy atom. The number of carbonyl (C=O) groups is 1. The Morgan fingerprint density at radius 2 is 1.62 bits per heavy atom. The Bertz CT molecular complexity index is 684. The minimum Gasteiger partial charge on any atom is -0.342 e. The maximum Gasteiger partial charge on any atom is 0.228 e. The summed E-state index contributed by atoms with van der Waals surface area (Å²) in [7, 11) is 0. The number of hydrogen-bond donors (Lipinski definition) is 1. The summed E-state index contributed by atoms with van der Waals surface area (Å²) in [6, 6.07) is 20.3. The number of rotatable bonds is 7. The van der Waals surface area contributed by atoms with E-state index in [1.807, 2.05) is 36.4 Å². The van der Waals surface area contributed by atoms with Crippen LogP contribution < -0.4 is 5.32 Å². The molecule has 0 aromatic heterocycles. The molecule has 0 spiro atoms. The average molecular weight is 320 g/mol. The fourth-order valence-corrected chi connectivity index (χ4v) is 2.74.